The Morgan fingerprint density at radius 2 is 1.76 bits per heavy atom. The van der Waals surface area contributed by atoms with E-state index in [0.717, 1.165) is 10.0 Å². The lowest BCUT2D eigenvalue weighted by molar-refractivity contribution is 0.601. The highest BCUT2D eigenvalue weighted by atomic mass is 79.9. The van der Waals surface area contributed by atoms with Gasteiger partial charge >= 0.3 is 0 Å². The van der Waals surface area contributed by atoms with E-state index in [1.54, 1.807) is 30.3 Å². The molecule has 21 heavy (non-hydrogen) atoms. The minimum Gasteiger partial charge on any atom is -0.278 e. The van der Waals surface area contributed by atoms with Gasteiger partial charge in [-0.3, -0.25) is 4.72 Å². The van der Waals surface area contributed by atoms with Crippen molar-refractivity contribution in [1.82, 2.24) is 0 Å². The van der Waals surface area contributed by atoms with Crippen molar-refractivity contribution in [1.29, 1.82) is 5.26 Å². The lowest BCUT2D eigenvalue weighted by Crippen LogP contribution is -2.13. The van der Waals surface area contributed by atoms with Crippen LogP contribution in [0.15, 0.2) is 56.3 Å². The van der Waals surface area contributed by atoms with Crippen LogP contribution in [-0.4, -0.2) is 8.42 Å². The van der Waals surface area contributed by atoms with Crippen LogP contribution in [0.3, 0.4) is 0 Å². The van der Waals surface area contributed by atoms with Gasteiger partial charge in [0, 0.05) is 8.95 Å². The van der Waals surface area contributed by atoms with Gasteiger partial charge in [-0.25, -0.2) is 8.42 Å². The Bertz CT molecular complexity index is 797. The van der Waals surface area contributed by atoms with Crippen molar-refractivity contribution < 1.29 is 8.42 Å². The summed E-state index contributed by atoms with van der Waals surface area (Å²) >= 11 is 6.62. The second-order valence-electron chi connectivity index (χ2n) is 4.21. The Morgan fingerprint density at radius 3 is 2.33 bits per heavy atom. The highest BCUT2D eigenvalue weighted by Gasteiger charge is 2.15. The first-order chi connectivity index (χ1) is 9.92. The number of nitriles is 1. The fourth-order valence-electron chi connectivity index (χ4n) is 1.65. The molecule has 0 aliphatic rings. The predicted molar refractivity (Wildman–Crippen MR) is 88.4 cm³/mol. The van der Waals surface area contributed by atoms with Gasteiger partial charge in [-0.2, -0.15) is 5.26 Å². The van der Waals surface area contributed by atoms with E-state index in [4.69, 9.17) is 5.26 Å². The molecule has 0 aliphatic heterocycles. The van der Waals surface area contributed by atoms with Crippen LogP contribution < -0.4 is 4.72 Å². The predicted octanol–water partition coefficient (Wildman–Crippen LogP) is 4.08. The van der Waals surface area contributed by atoms with Gasteiger partial charge in [-0.15, -0.1) is 0 Å². The molecule has 0 atom stereocenters. The molecule has 4 nitrogen and oxygen atoms in total. The summed E-state index contributed by atoms with van der Waals surface area (Å²) in [6.45, 7) is 0. The molecule has 2 rings (SSSR count). The molecule has 108 valence electrons. The Morgan fingerprint density at radius 1 is 1.10 bits per heavy atom. The molecule has 0 amide bonds. The molecule has 1 N–H and O–H groups in total. The number of anilines is 1. The van der Waals surface area contributed by atoms with Crippen molar-refractivity contribution in [3.63, 3.8) is 0 Å². The van der Waals surface area contributed by atoms with Crippen LogP contribution in [0, 0.1) is 11.3 Å². The van der Waals surface area contributed by atoms with E-state index in [-0.39, 0.29) is 11.3 Å². The summed E-state index contributed by atoms with van der Waals surface area (Å²) < 4.78 is 28.6. The maximum atomic E-state index is 12.3. The van der Waals surface area contributed by atoms with Crippen LogP contribution >= 0.6 is 31.9 Å². The molecule has 0 aromatic heterocycles. The van der Waals surface area contributed by atoms with E-state index in [1.165, 1.54) is 12.1 Å². The SMILES string of the molecule is N#CCc1ccc(S(=O)(=O)Nc2ccc(Br)cc2Br)cc1. The monoisotopic (exact) mass is 428 g/mol. The van der Waals surface area contributed by atoms with Crippen LogP contribution in [-0.2, 0) is 16.4 Å². The van der Waals surface area contributed by atoms with E-state index in [9.17, 15) is 8.42 Å². The smallest absolute Gasteiger partial charge is 0.261 e. The van der Waals surface area contributed by atoms with Gasteiger partial charge in [0.15, 0.2) is 0 Å². The molecule has 2 aromatic carbocycles. The molecular weight excluding hydrogens is 420 g/mol. The summed E-state index contributed by atoms with van der Waals surface area (Å²) in [6, 6.07) is 13.4. The van der Waals surface area contributed by atoms with Crippen LogP contribution in [0.1, 0.15) is 5.56 Å². The number of hydrogen-bond donors (Lipinski definition) is 1. The van der Waals surface area contributed by atoms with Gasteiger partial charge in [0.05, 0.1) is 23.1 Å². The normalized spacial score (nSPS) is 10.9. The summed E-state index contributed by atoms with van der Waals surface area (Å²) in [4.78, 5) is 0.152. The summed E-state index contributed by atoms with van der Waals surface area (Å²) in [6.07, 6.45) is 0.256. The third-order valence-corrected chi connectivity index (χ3v) is 5.22. The minimum atomic E-state index is -3.66. The largest absolute Gasteiger partial charge is 0.278 e. The zero-order chi connectivity index (χ0) is 15.5. The maximum absolute atomic E-state index is 12.3. The molecule has 0 spiro atoms. The molecule has 0 radical (unpaired) electrons. The van der Waals surface area contributed by atoms with Gasteiger partial charge in [-0.05, 0) is 51.8 Å². The summed E-state index contributed by atoms with van der Waals surface area (Å²) in [7, 11) is -3.66. The number of nitrogens with zero attached hydrogens (tertiary/aromatic N) is 1. The number of hydrogen-bond acceptors (Lipinski definition) is 3. The summed E-state index contributed by atoms with van der Waals surface area (Å²) in [5, 5.41) is 8.61. The van der Waals surface area contributed by atoms with Gasteiger partial charge in [0.25, 0.3) is 10.0 Å². The third kappa shape index (κ3) is 4.06. The molecular formula is C14H10Br2N2O2S. The molecule has 0 saturated carbocycles. The Kier molecular flexibility index (Phi) is 5.04. The van der Waals surface area contributed by atoms with Gasteiger partial charge in [-0.1, -0.05) is 28.1 Å². The summed E-state index contributed by atoms with van der Waals surface area (Å²) in [5.41, 5.74) is 1.24. The number of rotatable bonds is 4. The number of sulfonamides is 1. The average molecular weight is 430 g/mol. The van der Waals surface area contributed by atoms with Crippen molar-refractivity contribution >= 4 is 47.6 Å². The van der Waals surface area contributed by atoms with Crippen molar-refractivity contribution in [2.45, 2.75) is 11.3 Å². The van der Waals surface area contributed by atoms with Crippen LogP contribution in [0.25, 0.3) is 0 Å². The van der Waals surface area contributed by atoms with E-state index in [2.05, 4.69) is 36.6 Å². The Balaban J connectivity index is 2.27. The summed E-state index contributed by atoms with van der Waals surface area (Å²) in [5.74, 6) is 0. The minimum absolute atomic E-state index is 0.152. The lowest BCUT2D eigenvalue weighted by Gasteiger charge is -2.10. The zero-order valence-corrected chi connectivity index (χ0v) is 14.7. The Labute approximate surface area is 140 Å². The molecule has 0 fully saturated rings. The third-order valence-electron chi connectivity index (χ3n) is 2.69. The second kappa shape index (κ2) is 6.60. The number of benzene rings is 2. The number of halogens is 2. The molecule has 2 aromatic rings. The highest BCUT2D eigenvalue weighted by Crippen LogP contribution is 2.28. The van der Waals surface area contributed by atoms with Gasteiger partial charge in [0.1, 0.15) is 0 Å². The molecule has 7 heteroatoms. The van der Waals surface area contributed by atoms with Crippen molar-refractivity contribution in [3.05, 3.63) is 57.0 Å². The van der Waals surface area contributed by atoms with E-state index < -0.39 is 10.0 Å². The first kappa shape index (κ1) is 16.0. The second-order valence-corrected chi connectivity index (χ2v) is 7.66. The lowest BCUT2D eigenvalue weighted by atomic mass is 10.2. The van der Waals surface area contributed by atoms with E-state index in [0.29, 0.717) is 10.2 Å². The van der Waals surface area contributed by atoms with Gasteiger partial charge < -0.3 is 0 Å². The van der Waals surface area contributed by atoms with Crippen molar-refractivity contribution in [2.24, 2.45) is 0 Å². The Hall–Kier alpha value is -1.36. The first-order valence-electron chi connectivity index (χ1n) is 5.86. The van der Waals surface area contributed by atoms with Crippen molar-refractivity contribution in [3.8, 4) is 6.07 Å². The molecule has 0 aliphatic carbocycles. The number of nitrogens with one attached hydrogen (secondary N) is 1. The van der Waals surface area contributed by atoms with Crippen molar-refractivity contribution in [2.75, 3.05) is 4.72 Å². The van der Waals surface area contributed by atoms with Crippen LogP contribution in [0.4, 0.5) is 5.69 Å². The molecule has 0 heterocycles. The first-order valence-corrected chi connectivity index (χ1v) is 8.93. The average Bonchev–Trinajstić information content (AvgIpc) is 2.43. The van der Waals surface area contributed by atoms with Crippen LogP contribution in [0.5, 0.6) is 0 Å². The fourth-order valence-corrected chi connectivity index (χ4v) is 4.01. The molecule has 0 unspecified atom stereocenters. The standard InChI is InChI=1S/C14H10Br2N2O2S/c15-11-3-6-14(13(16)9-11)18-21(19,20)12-4-1-10(2-5-12)7-8-17/h1-6,9,18H,7H2. The fraction of sp³-hybridized carbons (Fsp3) is 0.0714. The quantitative estimate of drug-likeness (QED) is 0.795. The van der Waals surface area contributed by atoms with E-state index in [1.807, 2.05) is 6.07 Å². The van der Waals surface area contributed by atoms with Gasteiger partial charge in [0.2, 0.25) is 0 Å². The maximum Gasteiger partial charge on any atom is 0.261 e. The molecule has 0 bridgehead atoms. The zero-order valence-electron chi connectivity index (χ0n) is 10.7. The van der Waals surface area contributed by atoms with E-state index >= 15 is 0 Å². The molecule has 0 saturated heterocycles. The highest BCUT2D eigenvalue weighted by molar-refractivity contribution is 9.11. The topological polar surface area (TPSA) is 70.0 Å². The van der Waals surface area contributed by atoms with Crippen LogP contribution in [0.2, 0.25) is 0 Å².